The molecule has 0 heterocycles. The van der Waals surface area contributed by atoms with Crippen LogP contribution >= 0.6 is 0 Å². The molecule has 0 aliphatic rings. The molecule has 0 aromatic heterocycles. The lowest BCUT2D eigenvalue weighted by Gasteiger charge is -2.07. The van der Waals surface area contributed by atoms with Crippen molar-refractivity contribution in [1.29, 1.82) is 5.26 Å². The van der Waals surface area contributed by atoms with E-state index in [1.54, 1.807) is 18.2 Å². The van der Waals surface area contributed by atoms with E-state index in [1.807, 2.05) is 6.07 Å². The first-order valence-electron chi connectivity index (χ1n) is 6.88. The number of hydrogen-bond donors (Lipinski definition) is 2. The molecule has 0 radical (unpaired) electrons. The normalized spacial score (nSPS) is 9.74. The molecule has 0 atom stereocenters. The monoisotopic (exact) mass is 311 g/mol. The molecule has 2 aromatic carbocycles. The maximum Gasteiger partial charge on any atom is 0.243 e. The van der Waals surface area contributed by atoms with Crippen LogP contribution in [0.5, 0.6) is 0 Å². The van der Waals surface area contributed by atoms with E-state index in [1.165, 1.54) is 30.3 Å². The number of nitrogens with one attached hydrogen (secondary N) is 2. The van der Waals surface area contributed by atoms with Crippen LogP contribution in [0.4, 0.5) is 10.1 Å². The molecule has 0 aliphatic heterocycles. The Morgan fingerprint density at radius 3 is 2.52 bits per heavy atom. The highest BCUT2D eigenvalue weighted by atomic mass is 19.1. The van der Waals surface area contributed by atoms with Crippen LogP contribution in [-0.2, 0) is 16.0 Å². The van der Waals surface area contributed by atoms with Gasteiger partial charge >= 0.3 is 0 Å². The van der Waals surface area contributed by atoms with E-state index in [4.69, 9.17) is 5.26 Å². The molecule has 6 heteroatoms. The highest BCUT2D eigenvalue weighted by molar-refractivity contribution is 5.94. The lowest BCUT2D eigenvalue weighted by Crippen LogP contribution is -2.33. The lowest BCUT2D eigenvalue weighted by molar-refractivity contribution is -0.123. The Morgan fingerprint density at radius 1 is 1.09 bits per heavy atom. The number of rotatable bonds is 5. The molecule has 0 saturated carbocycles. The molecule has 0 saturated heterocycles. The molecular formula is C17H14FN3O2. The van der Waals surface area contributed by atoms with E-state index in [2.05, 4.69) is 10.6 Å². The topological polar surface area (TPSA) is 82.0 Å². The molecule has 5 nitrogen and oxygen atoms in total. The first kappa shape index (κ1) is 16.2. The van der Waals surface area contributed by atoms with E-state index in [-0.39, 0.29) is 24.7 Å². The highest BCUT2D eigenvalue weighted by Gasteiger charge is 2.07. The fourth-order valence-corrected chi connectivity index (χ4v) is 1.90. The summed E-state index contributed by atoms with van der Waals surface area (Å²) in [6, 6.07) is 14.0. The quantitative estimate of drug-likeness (QED) is 0.886. The van der Waals surface area contributed by atoms with Crippen LogP contribution in [0.2, 0.25) is 0 Å². The average Bonchev–Trinajstić information content (AvgIpc) is 2.55. The summed E-state index contributed by atoms with van der Waals surface area (Å²) in [5, 5.41) is 13.9. The fourth-order valence-electron chi connectivity index (χ4n) is 1.90. The first-order valence-corrected chi connectivity index (χ1v) is 6.88. The van der Waals surface area contributed by atoms with E-state index >= 15 is 0 Å². The number of nitrogens with zero attached hydrogens (tertiary/aromatic N) is 1. The van der Waals surface area contributed by atoms with Crippen LogP contribution < -0.4 is 10.6 Å². The van der Waals surface area contributed by atoms with Crippen molar-refractivity contribution in [2.45, 2.75) is 6.42 Å². The van der Waals surface area contributed by atoms with E-state index in [0.29, 0.717) is 16.8 Å². The SMILES string of the molecule is N#Cc1cccc(NC(=O)CNC(=O)Cc2ccc(F)cc2)c1. The number of halogens is 1. The van der Waals surface area contributed by atoms with Crippen molar-refractivity contribution in [3.63, 3.8) is 0 Å². The number of amides is 2. The van der Waals surface area contributed by atoms with Gasteiger partial charge in [-0.3, -0.25) is 9.59 Å². The van der Waals surface area contributed by atoms with Gasteiger partial charge in [0.25, 0.3) is 0 Å². The summed E-state index contributed by atoms with van der Waals surface area (Å²) >= 11 is 0. The number of benzene rings is 2. The standard InChI is InChI=1S/C17H14FN3O2/c18-14-6-4-12(5-7-14)9-16(22)20-11-17(23)21-15-3-1-2-13(8-15)10-19/h1-8H,9,11H2,(H,20,22)(H,21,23). The summed E-state index contributed by atoms with van der Waals surface area (Å²) < 4.78 is 12.8. The number of hydrogen-bond acceptors (Lipinski definition) is 3. The summed E-state index contributed by atoms with van der Waals surface area (Å²) in [5.41, 5.74) is 1.58. The second kappa shape index (κ2) is 7.71. The number of anilines is 1. The molecule has 2 aromatic rings. The minimum absolute atomic E-state index is 0.0669. The predicted molar refractivity (Wildman–Crippen MR) is 82.9 cm³/mol. The fraction of sp³-hybridized carbons (Fsp3) is 0.118. The largest absolute Gasteiger partial charge is 0.347 e. The lowest BCUT2D eigenvalue weighted by atomic mass is 10.1. The second-order valence-corrected chi connectivity index (χ2v) is 4.82. The Morgan fingerprint density at radius 2 is 1.83 bits per heavy atom. The third kappa shape index (κ3) is 5.25. The van der Waals surface area contributed by atoms with Gasteiger partial charge < -0.3 is 10.6 Å². The molecule has 0 unspecified atom stereocenters. The molecule has 2 amide bonds. The van der Waals surface area contributed by atoms with Gasteiger partial charge in [-0.05, 0) is 35.9 Å². The molecule has 2 N–H and O–H groups in total. The van der Waals surface area contributed by atoms with Gasteiger partial charge in [-0.15, -0.1) is 0 Å². The number of carbonyl (C=O) groups is 2. The van der Waals surface area contributed by atoms with Crippen molar-refractivity contribution in [3.05, 3.63) is 65.5 Å². The van der Waals surface area contributed by atoms with Crippen molar-refractivity contribution in [1.82, 2.24) is 5.32 Å². The molecule has 23 heavy (non-hydrogen) atoms. The number of carbonyl (C=O) groups excluding carboxylic acids is 2. The zero-order chi connectivity index (χ0) is 16.7. The Hall–Kier alpha value is -3.20. The molecule has 116 valence electrons. The van der Waals surface area contributed by atoms with Crippen LogP contribution in [0.25, 0.3) is 0 Å². The van der Waals surface area contributed by atoms with Crippen molar-refractivity contribution < 1.29 is 14.0 Å². The molecule has 2 rings (SSSR count). The smallest absolute Gasteiger partial charge is 0.243 e. The number of nitriles is 1. The Bertz CT molecular complexity index is 751. The van der Waals surface area contributed by atoms with Gasteiger partial charge in [0.2, 0.25) is 11.8 Å². The van der Waals surface area contributed by atoms with Gasteiger partial charge in [-0.1, -0.05) is 18.2 Å². The molecule has 0 bridgehead atoms. The van der Waals surface area contributed by atoms with Crippen molar-refractivity contribution in [2.75, 3.05) is 11.9 Å². The Kier molecular flexibility index (Phi) is 5.42. The van der Waals surface area contributed by atoms with E-state index in [9.17, 15) is 14.0 Å². The highest BCUT2D eigenvalue weighted by Crippen LogP contribution is 2.09. The third-order valence-corrected chi connectivity index (χ3v) is 3.00. The zero-order valence-electron chi connectivity index (χ0n) is 12.2. The summed E-state index contributed by atoms with van der Waals surface area (Å²) in [5.74, 6) is -1.10. The molecular weight excluding hydrogens is 297 g/mol. The molecule has 0 fully saturated rings. The summed E-state index contributed by atoms with van der Waals surface area (Å²) in [6.07, 6.45) is 0.0669. The van der Waals surface area contributed by atoms with E-state index in [0.717, 1.165) is 0 Å². The van der Waals surface area contributed by atoms with Crippen molar-refractivity contribution in [3.8, 4) is 6.07 Å². The van der Waals surface area contributed by atoms with Crippen molar-refractivity contribution >= 4 is 17.5 Å². The summed E-state index contributed by atoms with van der Waals surface area (Å²) in [7, 11) is 0. The summed E-state index contributed by atoms with van der Waals surface area (Å²) in [6.45, 7) is -0.184. The van der Waals surface area contributed by atoms with Crippen LogP contribution in [0.3, 0.4) is 0 Å². The Labute approximate surface area is 132 Å². The van der Waals surface area contributed by atoms with Crippen LogP contribution in [0.15, 0.2) is 48.5 Å². The van der Waals surface area contributed by atoms with Gasteiger partial charge in [-0.2, -0.15) is 5.26 Å². The van der Waals surface area contributed by atoms with Gasteiger partial charge in [0.15, 0.2) is 0 Å². The third-order valence-electron chi connectivity index (χ3n) is 3.00. The molecule has 0 spiro atoms. The summed E-state index contributed by atoms with van der Waals surface area (Å²) in [4.78, 5) is 23.5. The van der Waals surface area contributed by atoms with E-state index < -0.39 is 5.91 Å². The minimum Gasteiger partial charge on any atom is -0.347 e. The first-order chi connectivity index (χ1) is 11.1. The van der Waals surface area contributed by atoms with Gasteiger partial charge in [0.1, 0.15) is 5.82 Å². The average molecular weight is 311 g/mol. The zero-order valence-corrected chi connectivity index (χ0v) is 12.2. The second-order valence-electron chi connectivity index (χ2n) is 4.82. The predicted octanol–water partition coefficient (Wildman–Crippen LogP) is 1.99. The van der Waals surface area contributed by atoms with Crippen LogP contribution in [-0.4, -0.2) is 18.4 Å². The maximum absolute atomic E-state index is 12.8. The maximum atomic E-state index is 12.8. The Balaban J connectivity index is 1.80. The van der Waals surface area contributed by atoms with Crippen molar-refractivity contribution in [2.24, 2.45) is 0 Å². The van der Waals surface area contributed by atoms with Gasteiger partial charge in [0, 0.05) is 5.69 Å². The minimum atomic E-state index is -0.396. The van der Waals surface area contributed by atoms with Gasteiger partial charge in [-0.25, -0.2) is 4.39 Å². The van der Waals surface area contributed by atoms with Crippen LogP contribution in [0, 0.1) is 17.1 Å². The van der Waals surface area contributed by atoms with Crippen LogP contribution in [0.1, 0.15) is 11.1 Å². The molecule has 0 aliphatic carbocycles. The van der Waals surface area contributed by atoms with Gasteiger partial charge in [0.05, 0.1) is 24.6 Å².